The van der Waals surface area contributed by atoms with Crippen molar-refractivity contribution < 1.29 is 19.1 Å². The molecule has 0 saturated carbocycles. The normalized spacial score (nSPS) is 12.4. The second kappa shape index (κ2) is 9.60. The van der Waals surface area contributed by atoms with Gasteiger partial charge in [0.05, 0.1) is 26.6 Å². The summed E-state index contributed by atoms with van der Waals surface area (Å²) >= 11 is 9.70. The van der Waals surface area contributed by atoms with E-state index < -0.39 is 12.1 Å². The number of carbonyl (C=O) groups is 1. The van der Waals surface area contributed by atoms with E-state index in [1.54, 1.807) is 42.5 Å². The number of hydrogen-bond donors (Lipinski definition) is 1. The second-order valence-corrected chi connectivity index (χ2v) is 9.14. The van der Waals surface area contributed by atoms with Crippen molar-refractivity contribution in [2.75, 3.05) is 0 Å². The van der Waals surface area contributed by atoms with Crippen LogP contribution in [0.25, 0.3) is 33.5 Å². The molecule has 0 saturated heterocycles. The van der Waals surface area contributed by atoms with Gasteiger partial charge in [-0.15, -0.1) is 0 Å². The fourth-order valence-corrected chi connectivity index (χ4v) is 4.56. The van der Waals surface area contributed by atoms with Gasteiger partial charge >= 0.3 is 5.97 Å². The van der Waals surface area contributed by atoms with Gasteiger partial charge in [-0.25, -0.2) is 9.78 Å². The van der Waals surface area contributed by atoms with Gasteiger partial charge in [0.25, 0.3) is 5.56 Å². The first-order chi connectivity index (χ1) is 17.3. The molecule has 8 nitrogen and oxygen atoms in total. The number of hydrogen-bond acceptors (Lipinski definition) is 6. The third-order valence-electron chi connectivity index (χ3n) is 5.38. The number of aliphatic carboxylic acids is 1. The van der Waals surface area contributed by atoms with Gasteiger partial charge in [-0.2, -0.15) is 9.78 Å². The fraction of sp³-hybridized carbons (Fsp3) is 0.0769. The minimum absolute atomic E-state index is 0.181. The lowest BCUT2D eigenvalue weighted by Gasteiger charge is -2.14. The molecule has 1 N–H and O–H groups in total. The average Bonchev–Trinajstić information content (AvgIpc) is 3.29. The Morgan fingerprint density at radius 2 is 1.94 bits per heavy atom. The van der Waals surface area contributed by atoms with E-state index in [1.165, 1.54) is 17.8 Å². The molecule has 10 heteroatoms. The van der Waals surface area contributed by atoms with Crippen LogP contribution in [-0.4, -0.2) is 33.1 Å². The van der Waals surface area contributed by atoms with Crippen LogP contribution < -0.4 is 10.3 Å². The quantitative estimate of drug-likeness (QED) is 0.254. The number of carboxylic acids is 1. The number of nitrogens with zero attached hydrogens (tertiary/aromatic N) is 3. The highest BCUT2D eigenvalue weighted by atomic mass is 79.9. The highest BCUT2D eigenvalue weighted by Gasteiger charge is 2.18. The summed E-state index contributed by atoms with van der Waals surface area (Å²) in [6, 6.07) is 19.5. The van der Waals surface area contributed by atoms with Crippen molar-refractivity contribution in [3.63, 3.8) is 0 Å². The third-order valence-corrected chi connectivity index (χ3v) is 6.25. The highest BCUT2D eigenvalue weighted by molar-refractivity contribution is 9.10. The standard InChI is InChI=1S/C26H17BrClN3O5/c1-14(26(33)34)35-23-18(27)10-15(11-19(23)28)13-29-31-24(22-12-16-6-2-5-9-21(16)36-22)30-20-8-4-3-7-17(20)25(31)32/h2-14H,1H3,(H,33,34)/t14-/m0/s1. The Hall–Kier alpha value is -3.95. The van der Waals surface area contributed by atoms with Crippen LogP contribution in [0.3, 0.4) is 0 Å². The molecule has 2 aromatic heterocycles. The van der Waals surface area contributed by atoms with Crippen LogP contribution in [0.1, 0.15) is 12.5 Å². The largest absolute Gasteiger partial charge is 0.479 e. The van der Waals surface area contributed by atoms with Gasteiger partial charge in [-0.1, -0.05) is 41.9 Å². The minimum Gasteiger partial charge on any atom is -0.479 e. The van der Waals surface area contributed by atoms with Gasteiger partial charge < -0.3 is 14.3 Å². The van der Waals surface area contributed by atoms with Crippen molar-refractivity contribution in [1.29, 1.82) is 0 Å². The summed E-state index contributed by atoms with van der Waals surface area (Å²) in [5.41, 5.74) is 1.35. The van der Waals surface area contributed by atoms with Gasteiger partial charge in [-0.05, 0) is 64.8 Å². The molecule has 5 aromatic rings. The Kier molecular flexibility index (Phi) is 6.34. The van der Waals surface area contributed by atoms with Crippen LogP contribution in [0.2, 0.25) is 5.02 Å². The molecule has 0 amide bonds. The lowest BCUT2D eigenvalue weighted by Crippen LogP contribution is -2.23. The molecule has 180 valence electrons. The number of benzene rings is 3. The van der Waals surface area contributed by atoms with Crippen LogP contribution in [0, 0.1) is 0 Å². The van der Waals surface area contributed by atoms with Gasteiger partial charge in [0.1, 0.15) is 5.58 Å². The fourth-order valence-electron chi connectivity index (χ4n) is 3.60. The third kappa shape index (κ3) is 4.50. The summed E-state index contributed by atoms with van der Waals surface area (Å²) in [7, 11) is 0. The van der Waals surface area contributed by atoms with Gasteiger partial charge in [0, 0.05) is 5.39 Å². The predicted molar refractivity (Wildman–Crippen MR) is 141 cm³/mol. The zero-order chi connectivity index (χ0) is 25.4. The van der Waals surface area contributed by atoms with E-state index in [0.29, 0.717) is 32.3 Å². The van der Waals surface area contributed by atoms with Crippen LogP contribution in [0.4, 0.5) is 0 Å². The summed E-state index contributed by atoms with van der Waals surface area (Å²) in [4.78, 5) is 29.2. The predicted octanol–water partition coefficient (Wildman–Crippen LogP) is 5.96. The number of ether oxygens (including phenoxy) is 1. The summed E-state index contributed by atoms with van der Waals surface area (Å²) in [6.45, 7) is 1.40. The maximum Gasteiger partial charge on any atom is 0.344 e. The summed E-state index contributed by atoms with van der Waals surface area (Å²) in [5.74, 6) is -0.297. The SMILES string of the molecule is C[C@H](Oc1c(Cl)cc(C=Nn2c(-c3cc4ccccc4o3)nc3ccccc3c2=O)cc1Br)C(=O)O. The molecule has 0 bridgehead atoms. The summed E-state index contributed by atoms with van der Waals surface area (Å²) in [5, 5.41) is 15.0. The Morgan fingerprint density at radius 3 is 2.69 bits per heavy atom. The molecule has 5 rings (SSSR count). The molecule has 3 aromatic carbocycles. The highest BCUT2D eigenvalue weighted by Crippen LogP contribution is 2.35. The van der Waals surface area contributed by atoms with E-state index in [1.807, 2.05) is 24.3 Å². The molecule has 0 fully saturated rings. The number of aromatic nitrogens is 2. The zero-order valence-corrected chi connectivity index (χ0v) is 21.0. The lowest BCUT2D eigenvalue weighted by molar-refractivity contribution is -0.144. The van der Waals surface area contributed by atoms with Crippen molar-refractivity contribution in [3.8, 4) is 17.3 Å². The Labute approximate surface area is 217 Å². The van der Waals surface area contributed by atoms with E-state index in [0.717, 1.165) is 5.39 Å². The number of carboxylic acid groups (broad SMARTS) is 1. The van der Waals surface area contributed by atoms with Crippen molar-refractivity contribution >= 4 is 61.6 Å². The maximum absolute atomic E-state index is 13.4. The first kappa shape index (κ1) is 23.8. The molecule has 0 aliphatic rings. The molecule has 1 atom stereocenters. The van der Waals surface area contributed by atoms with Gasteiger partial charge in [0.2, 0.25) is 5.82 Å². The monoisotopic (exact) mass is 565 g/mol. The molecule has 2 heterocycles. The molecule has 0 aliphatic carbocycles. The maximum atomic E-state index is 13.4. The molecular weight excluding hydrogens is 550 g/mol. The topological polar surface area (TPSA) is 107 Å². The second-order valence-electron chi connectivity index (χ2n) is 7.87. The number of fused-ring (bicyclic) bond motifs is 2. The smallest absolute Gasteiger partial charge is 0.344 e. The van der Waals surface area contributed by atoms with E-state index in [-0.39, 0.29) is 22.2 Å². The van der Waals surface area contributed by atoms with Crippen molar-refractivity contribution in [3.05, 3.63) is 92.1 Å². The first-order valence-corrected chi connectivity index (χ1v) is 11.9. The molecule has 0 unspecified atom stereocenters. The van der Waals surface area contributed by atoms with E-state index in [9.17, 15) is 9.59 Å². The molecule has 0 aliphatic heterocycles. The molecule has 0 radical (unpaired) electrons. The number of halogens is 2. The van der Waals surface area contributed by atoms with Crippen LogP contribution in [-0.2, 0) is 4.79 Å². The van der Waals surface area contributed by atoms with Crippen LogP contribution >= 0.6 is 27.5 Å². The summed E-state index contributed by atoms with van der Waals surface area (Å²) < 4.78 is 13.0. The Bertz CT molecular complexity index is 1670. The van der Waals surface area contributed by atoms with E-state index in [4.69, 9.17) is 25.9 Å². The van der Waals surface area contributed by atoms with Crippen LogP contribution in [0.15, 0.2) is 85.5 Å². The number of para-hydroxylation sites is 2. The minimum atomic E-state index is -1.12. The Balaban J connectivity index is 1.61. The number of furan rings is 1. The van der Waals surface area contributed by atoms with E-state index in [2.05, 4.69) is 26.0 Å². The van der Waals surface area contributed by atoms with Gasteiger partial charge in [-0.3, -0.25) is 4.79 Å². The molecular formula is C26H17BrClN3O5. The van der Waals surface area contributed by atoms with Gasteiger partial charge in [0.15, 0.2) is 17.6 Å². The average molecular weight is 567 g/mol. The number of rotatable bonds is 6. The van der Waals surface area contributed by atoms with E-state index >= 15 is 0 Å². The molecule has 36 heavy (non-hydrogen) atoms. The van der Waals surface area contributed by atoms with Crippen LogP contribution in [0.5, 0.6) is 5.75 Å². The first-order valence-electron chi connectivity index (χ1n) is 10.8. The lowest BCUT2D eigenvalue weighted by atomic mass is 10.2. The zero-order valence-electron chi connectivity index (χ0n) is 18.7. The van der Waals surface area contributed by atoms with Crippen molar-refractivity contribution in [2.24, 2.45) is 5.10 Å². The van der Waals surface area contributed by atoms with Crippen molar-refractivity contribution in [1.82, 2.24) is 9.66 Å². The molecule has 0 spiro atoms. The Morgan fingerprint density at radius 1 is 1.19 bits per heavy atom. The summed E-state index contributed by atoms with van der Waals surface area (Å²) in [6.07, 6.45) is 0.359. The van der Waals surface area contributed by atoms with Crippen molar-refractivity contribution in [2.45, 2.75) is 13.0 Å².